The lowest BCUT2D eigenvalue weighted by Crippen LogP contribution is -2.03. The number of benzene rings is 1. The predicted molar refractivity (Wildman–Crippen MR) is 89.3 cm³/mol. The highest BCUT2D eigenvalue weighted by molar-refractivity contribution is 6.34. The Kier molecular flexibility index (Phi) is 4.09. The normalized spacial score (nSPS) is 10.8. The van der Waals surface area contributed by atoms with Gasteiger partial charge < -0.3 is 16.0 Å². The molecule has 0 amide bonds. The van der Waals surface area contributed by atoms with Crippen LogP contribution in [-0.2, 0) is 13.1 Å². The minimum atomic E-state index is 0.370. The van der Waals surface area contributed by atoms with Gasteiger partial charge in [0.05, 0.1) is 23.0 Å². The number of nitrogens with zero attached hydrogens (tertiary/aromatic N) is 2. The van der Waals surface area contributed by atoms with E-state index in [0.717, 1.165) is 33.5 Å². The van der Waals surface area contributed by atoms with E-state index in [9.17, 15) is 0 Å². The maximum absolute atomic E-state index is 6.41. The van der Waals surface area contributed by atoms with E-state index in [0.29, 0.717) is 18.1 Å². The van der Waals surface area contributed by atoms with Crippen LogP contribution in [0.5, 0.6) is 0 Å². The molecule has 1 aromatic carbocycles. The molecule has 0 aliphatic heterocycles. The fourth-order valence-corrected chi connectivity index (χ4v) is 2.61. The van der Waals surface area contributed by atoms with Gasteiger partial charge in [-0.15, -0.1) is 0 Å². The lowest BCUT2D eigenvalue weighted by atomic mass is 10.1. The first-order chi connectivity index (χ1) is 10.7. The molecule has 0 aliphatic rings. The number of hydrogen-bond acceptors (Lipinski definition) is 4. The monoisotopic (exact) mass is 313 g/mol. The van der Waals surface area contributed by atoms with Crippen LogP contribution in [0.3, 0.4) is 0 Å². The van der Waals surface area contributed by atoms with Gasteiger partial charge in [-0.1, -0.05) is 18.2 Å². The molecule has 0 fully saturated rings. The van der Waals surface area contributed by atoms with Gasteiger partial charge in [-0.25, -0.2) is 9.97 Å². The number of H-pyrrole nitrogens is 1. The summed E-state index contributed by atoms with van der Waals surface area (Å²) in [6.45, 7) is 4.70. The average molecular weight is 314 g/mol. The molecule has 3 rings (SSSR count). The van der Waals surface area contributed by atoms with Crippen molar-refractivity contribution in [3.8, 4) is 11.3 Å². The van der Waals surface area contributed by atoms with Crippen molar-refractivity contribution in [3.05, 3.63) is 59.8 Å². The fraction of sp³-hybridized carbons (Fsp3) is 0.125. The molecule has 2 heterocycles. The van der Waals surface area contributed by atoms with E-state index in [2.05, 4.69) is 32.9 Å². The van der Waals surface area contributed by atoms with Gasteiger partial charge in [0.15, 0.2) is 0 Å². The van der Waals surface area contributed by atoms with Gasteiger partial charge in [0, 0.05) is 28.7 Å². The first-order valence-corrected chi connectivity index (χ1v) is 7.26. The number of nitrogens with two attached hydrogens (primary N) is 1. The Bertz CT molecular complexity index is 825. The van der Waals surface area contributed by atoms with Crippen LogP contribution in [-0.4, -0.2) is 15.0 Å². The molecule has 0 atom stereocenters. The zero-order chi connectivity index (χ0) is 15.5. The van der Waals surface area contributed by atoms with Crippen molar-refractivity contribution >= 4 is 22.5 Å². The van der Waals surface area contributed by atoms with E-state index in [4.69, 9.17) is 17.3 Å². The highest BCUT2D eigenvalue weighted by Gasteiger charge is 2.10. The van der Waals surface area contributed by atoms with Crippen molar-refractivity contribution < 1.29 is 0 Å². The van der Waals surface area contributed by atoms with Gasteiger partial charge in [-0.2, -0.15) is 0 Å². The minimum absolute atomic E-state index is 0.370. The highest BCUT2D eigenvalue weighted by atomic mass is 35.5. The molecule has 0 saturated heterocycles. The third kappa shape index (κ3) is 2.81. The van der Waals surface area contributed by atoms with Crippen LogP contribution < -0.4 is 11.1 Å². The first kappa shape index (κ1) is 14.6. The molecule has 112 valence electrons. The van der Waals surface area contributed by atoms with E-state index >= 15 is 0 Å². The predicted octanol–water partition coefficient (Wildman–Crippen LogP) is 2.97. The van der Waals surface area contributed by atoms with E-state index in [1.54, 1.807) is 6.20 Å². The lowest BCUT2D eigenvalue weighted by molar-refractivity contribution is 0.849. The van der Waals surface area contributed by atoms with Crippen molar-refractivity contribution in [1.82, 2.24) is 20.3 Å². The third-order valence-corrected chi connectivity index (χ3v) is 3.72. The van der Waals surface area contributed by atoms with E-state index in [1.807, 2.05) is 18.2 Å². The number of fused-ring (bicyclic) bond motifs is 1. The Morgan fingerprint density at radius 2 is 2.14 bits per heavy atom. The summed E-state index contributed by atoms with van der Waals surface area (Å²) in [4.78, 5) is 11.8. The summed E-state index contributed by atoms with van der Waals surface area (Å²) in [5, 5.41) is 4.77. The van der Waals surface area contributed by atoms with Crippen molar-refractivity contribution in [2.75, 3.05) is 0 Å². The zero-order valence-corrected chi connectivity index (χ0v) is 12.7. The van der Waals surface area contributed by atoms with Crippen LogP contribution in [0.2, 0.25) is 5.02 Å². The van der Waals surface area contributed by atoms with Gasteiger partial charge in [-0.05, 0) is 30.5 Å². The largest absolute Gasteiger partial charge is 0.386 e. The second-order valence-electron chi connectivity index (χ2n) is 4.90. The van der Waals surface area contributed by atoms with Crippen molar-refractivity contribution in [1.29, 1.82) is 0 Å². The SMILES string of the molecule is C=CNCc1cc2cc(Cl)c(-c3cc(CN)ncn3)cc2[nH]1. The molecule has 0 spiro atoms. The molecule has 22 heavy (non-hydrogen) atoms. The summed E-state index contributed by atoms with van der Waals surface area (Å²) in [6.07, 6.45) is 3.17. The molecule has 0 aliphatic carbocycles. The highest BCUT2D eigenvalue weighted by Crippen LogP contribution is 2.31. The third-order valence-electron chi connectivity index (χ3n) is 3.41. The first-order valence-electron chi connectivity index (χ1n) is 6.88. The molecular weight excluding hydrogens is 298 g/mol. The Morgan fingerprint density at radius 1 is 1.27 bits per heavy atom. The summed E-state index contributed by atoms with van der Waals surface area (Å²) in [6, 6.07) is 7.85. The fourth-order valence-electron chi connectivity index (χ4n) is 2.34. The Labute approximate surface area is 133 Å². The second kappa shape index (κ2) is 6.17. The summed E-state index contributed by atoms with van der Waals surface area (Å²) in [5.74, 6) is 0. The van der Waals surface area contributed by atoms with Crippen LogP contribution in [0, 0.1) is 0 Å². The Morgan fingerprint density at radius 3 is 2.91 bits per heavy atom. The summed E-state index contributed by atoms with van der Waals surface area (Å²) < 4.78 is 0. The number of halogens is 1. The molecule has 0 unspecified atom stereocenters. The van der Waals surface area contributed by atoms with Crippen molar-refractivity contribution in [3.63, 3.8) is 0 Å². The molecule has 0 saturated carbocycles. The van der Waals surface area contributed by atoms with E-state index in [1.165, 1.54) is 6.33 Å². The maximum Gasteiger partial charge on any atom is 0.116 e. The molecule has 5 nitrogen and oxygen atoms in total. The van der Waals surface area contributed by atoms with Crippen molar-refractivity contribution in [2.24, 2.45) is 5.73 Å². The molecule has 2 aromatic heterocycles. The Balaban J connectivity index is 2.05. The summed E-state index contributed by atoms with van der Waals surface area (Å²) in [7, 11) is 0. The molecule has 4 N–H and O–H groups in total. The molecule has 0 radical (unpaired) electrons. The minimum Gasteiger partial charge on any atom is -0.386 e. The van der Waals surface area contributed by atoms with E-state index in [-0.39, 0.29) is 0 Å². The van der Waals surface area contributed by atoms with Crippen LogP contribution in [0.25, 0.3) is 22.2 Å². The van der Waals surface area contributed by atoms with Gasteiger partial charge in [0.2, 0.25) is 0 Å². The maximum atomic E-state index is 6.41. The summed E-state index contributed by atoms with van der Waals surface area (Å²) in [5.41, 5.74) is 10.1. The molecule has 0 bridgehead atoms. The number of aromatic amines is 1. The standard InChI is InChI=1S/C16H16ClN5/c1-2-19-8-12-3-10-4-14(17)13(6-15(10)22-12)16-5-11(7-18)20-9-21-16/h2-6,9,19,22H,1,7-8,18H2. The lowest BCUT2D eigenvalue weighted by Gasteiger charge is -2.05. The number of rotatable bonds is 5. The van der Waals surface area contributed by atoms with Gasteiger partial charge in [-0.3, -0.25) is 0 Å². The van der Waals surface area contributed by atoms with E-state index < -0.39 is 0 Å². The van der Waals surface area contributed by atoms with Gasteiger partial charge >= 0.3 is 0 Å². The topological polar surface area (TPSA) is 79.6 Å². The van der Waals surface area contributed by atoms with Crippen LogP contribution >= 0.6 is 11.6 Å². The quantitative estimate of drug-likeness (QED) is 0.676. The molecule has 6 heteroatoms. The van der Waals surface area contributed by atoms with Crippen LogP contribution in [0.4, 0.5) is 0 Å². The number of aromatic nitrogens is 3. The smallest absolute Gasteiger partial charge is 0.116 e. The van der Waals surface area contributed by atoms with Crippen LogP contribution in [0.15, 0.2) is 43.4 Å². The zero-order valence-electron chi connectivity index (χ0n) is 11.9. The van der Waals surface area contributed by atoms with Gasteiger partial charge in [0.1, 0.15) is 6.33 Å². The Hall–Kier alpha value is -2.37. The number of hydrogen-bond donors (Lipinski definition) is 3. The second-order valence-corrected chi connectivity index (χ2v) is 5.30. The van der Waals surface area contributed by atoms with Gasteiger partial charge in [0.25, 0.3) is 0 Å². The van der Waals surface area contributed by atoms with Crippen molar-refractivity contribution in [2.45, 2.75) is 13.1 Å². The number of nitrogens with one attached hydrogen (secondary N) is 2. The van der Waals surface area contributed by atoms with Crippen LogP contribution in [0.1, 0.15) is 11.4 Å². The average Bonchev–Trinajstić information content (AvgIpc) is 2.93. The summed E-state index contributed by atoms with van der Waals surface area (Å²) >= 11 is 6.41. The molecule has 3 aromatic rings. The molecular formula is C16H16ClN5.